The minimum absolute atomic E-state index is 0.0486. The highest BCUT2D eigenvalue weighted by molar-refractivity contribution is 5.78. The van der Waals surface area contributed by atoms with Crippen LogP contribution in [-0.4, -0.2) is 31.6 Å². The average Bonchev–Trinajstić information content (AvgIpc) is 2.50. The summed E-state index contributed by atoms with van der Waals surface area (Å²) in [6.45, 7) is 3.39. The molecular weight excluding hydrogens is 262 g/mol. The number of hydrogen-bond donors (Lipinski definition) is 3. The maximum Gasteiger partial charge on any atom is 0.224 e. The summed E-state index contributed by atoms with van der Waals surface area (Å²) in [5.74, 6) is 0.0486. The lowest BCUT2D eigenvalue weighted by atomic mass is 9.98. The van der Waals surface area contributed by atoms with Crippen LogP contribution in [0.25, 0.3) is 0 Å². The maximum atomic E-state index is 11.3. The van der Waals surface area contributed by atoms with E-state index in [0.717, 1.165) is 24.2 Å². The summed E-state index contributed by atoms with van der Waals surface area (Å²) in [6.07, 6.45) is 5.54. The number of amides is 1. The fraction of sp³-hybridized carbons (Fsp3) is 0.588. The van der Waals surface area contributed by atoms with Crippen molar-refractivity contribution < 1.29 is 4.79 Å². The minimum Gasteiger partial charge on any atom is -0.383 e. The first-order chi connectivity index (χ1) is 10.2. The van der Waals surface area contributed by atoms with Gasteiger partial charge in [0.25, 0.3) is 0 Å². The molecule has 1 aliphatic heterocycles. The fourth-order valence-corrected chi connectivity index (χ4v) is 2.89. The first-order valence-corrected chi connectivity index (χ1v) is 7.97. The molecule has 2 atom stereocenters. The van der Waals surface area contributed by atoms with Crippen molar-refractivity contribution in [3.8, 4) is 0 Å². The van der Waals surface area contributed by atoms with Crippen molar-refractivity contribution in [2.75, 3.05) is 18.9 Å². The SMILES string of the molecule is CNC(=O)Cc1ccc(NC(C)CC2CCCCN2)cc1. The molecule has 21 heavy (non-hydrogen) atoms. The molecule has 4 nitrogen and oxygen atoms in total. The number of nitrogens with one attached hydrogen (secondary N) is 3. The standard InChI is InChI=1S/C17H27N3O/c1-13(11-16-5-3-4-10-19-16)20-15-8-6-14(7-9-15)12-17(21)18-2/h6-9,13,16,19-20H,3-5,10-12H2,1-2H3,(H,18,21). The van der Waals surface area contributed by atoms with Crippen LogP contribution in [0, 0.1) is 0 Å². The first-order valence-electron chi connectivity index (χ1n) is 7.97. The van der Waals surface area contributed by atoms with E-state index in [1.54, 1.807) is 7.05 Å². The molecule has 1 aromatic rings. The Bertz CT molecular complexity index is 438. The van der Waals surface area contributed by atoms with Gasteiger partial charge in [-0.2, -0.15) is 0 Å². The van der Waals surface area contributed by atoms with Crippen LogP contribution in [0.4, 0.5) is 5.69 Å². The van der Waals surface area contributed by atoms with Crippen LogP contribution in [-0.2, 0) is 11.2 Å². The van der Waals surface area contributed by atoms with Gasteiger partial charge in [-0.25, -0.2) is 0 Å². The van der Waals surface area contributed by atoms with Crippen molar-refractivity contribution >= 4 is 11.6 Å². The topological polar surface area (TPSA) is 53.2 Å². The summed E-state index contributed by atoms with van der Waals surface area (Å²) in [6, 6.07) is 9.25. The summed E-state index contributed by atoms with van der Waals surface area (Å²) < 4.78 is 0. The molecule has 1 aliphatic rings. The summed E-state index contributed by atoms with van der Waals surface area (Å²) in [4.78, 5) is 11.3. The molecule has 116 valence electrons. The number of anilines is 1. The second-order valence-electron chi connectivity index (χ2n) is 5.97. The van der Waals surface area contributed by atoms with E-state index in [0.29, 0.717) is 18.5 Å². The number of likely N-dealkylation sites (N-methyl/N-ethyl adjacent to an activating group) is 1. The Morgan fingerprint density at radius 2 is 2.10 bits per heavy atom. The van der Waals surface area contributed by atoms with E-state index < -0.39 is 0 Å². The van der Waals surface area contributed by atoms with Crippen LogP contribution >= 0.6 is 0 Å². The molecule has 2 rings (SSSR count). The molecule has 1 aromatic carbocycles. The van der Waals surface area contributed by atoms with Gasteiger partial charge < -0.3 is 16.0 Å². The van der Waals surface area contributed by atoms with Gasteiger partial charge in [0.05, 0.1) is 6.42 Å². The Morgan fingerprint density at radius 1 is 1.33 bits per heavy atom. The van der Waals surface area contributed by atoms with Gasteiger partial charge in [-0.1, -0.05) is 18.6 Å². The van der Waals surface area contributed by atoms with E-state index in [4.69, 9.17) is 0 Å². The van der Waals surface area contributed by atoms with Gasteiger partial charge in [0.2, 0.25) is 5.91 Å². The molecule has 1 saturated heterocycles. The van der Waals surface area contributed by atoms with Gasteiger partial charge in [0.15, 0.2) is 0 Å². The predicted molar refractivity (Wildman–Crippen MR) is 87.6 cm³/mol. The molecule has 0 bridgehead atoms. The molecule has 4 heteroatoms. The molecule has 0 aromatic heterocycles. The lowest BCUT2D eigenvalue weighted by Crippen LogP contribution is -2.37. The summed E-state index contributed by atoms with van der Waals surface area (Å²) >= 11 is 0. The van der Waals surface area contributed by atoms with Gasteiger partial charge in [0.1, 0.15) is 0 Å². The van der Waals surface area contributed by atoms with E-state index in [2.05, 4.69) is 35.0 Å². The van der Waals surface area contributed by atoms with Crippen molar-refractivity contribution in [1.82, 2.24) is 10.6 Å². The number of benzene rings is 1. The molecule has 1 heterocycles. The highest BCUT2D eigenvalue weighted by atomic mass is 16.1. The summed E-state index contributed by atoms with van der Waals surface area (Å²) in [5, 5.41) is 9.78. The zero-order chi connectivity index (χ0) is 15.1. The third-order valence-electron chi connectivity index (χ3n) is 4.06. The third-order valence-corrected chi connectivity index (χ3v) is 4.06. The molecule has 0 spiro atoms. The highest BCUT2D eigenvalue weighted by Crippen LogP contribution is 2.16. The van der Waals surface area contributed by atoms with E-state index in [1.165, 1.54) is 19.3 Å². The van der Waals surface area contributed by atoms with E-state index in [1.807, 2.05) is 12.1 Å². The molecular formula is C17H27N3O. The molecule has 1 fully saturated rings. The monoisotopic (exact) mass is 289 g/mol. The zero-order valence-corrected chi connectivity index (χ0v) is 13.1. The molecule has 3 N–H and O–H groups in total. The Kier molecular flexibility index (Phi) is 6.05. The number of rotatable bonds is 6. The van der Waals surface area contributed by atoms with Crippen molar-refractivity contribution in [1.29, 1.82) is 0 Å². The van der Waals surface area contributed by atoms with Gasteiger partial charge in [0, 0.05) is 24.8 Å². The van der Waals surface area contributed by atoms with Crippen LogP contribution in [0.3, 0.4) is 0 Å². The quantitative estimate of drug-likeness (QED) is 0.753. The third kappa shape index (κ3) is 5.38. The average molecular weight is 289 g/mol. The molecule has 2 unspecified atom stereocenters. The van der Waals surface area contributed by atoms with Crippen molar-refractivity contribution in [3.63, 3.8) is 0 Å². The van der Waals surface area contributed by atoms with E-state index in [9.17, 15) is 4.79 Å². The molecule has 0 aliphatic carbocycles. The summed E-state index contributed by atoms with van der Waals surface area (Å²) in [7, 11) is 1.67. The van der Waals surface area contributed by atoms with Crippen LogP contribution in [0.2, 0.25) is 0 Å². The van der Waals surface area contributed by atoms with Crippen molar-refractivity contribution in [2.45, 2.75) is 51.1 Å². The Hall–Kier alpha value is -1.55. The zero-order valence-electron chi connectivity index (χ0n) is 13.1. The Labute approximate surface area is 127 Å². The van der Waals surface area contributed by atoms with Crippen LogP contribution < -0.4 is 16.0 Å². The second-order valence-corrected chi connectivity index (χ2v) is 5.97. The Morgan fingerprint density at radius 3 is 2.71 bits per heavy atom. The highest BCUT2D eigenvalue weighted by Gasteiger charge is 2.15. The van der Waals surface area contributed by atoms with Gasteiger partial charge in [-0.15, -0.1) is 0 Å². The number of piperidine rings is 1. The second kappa shape index (κ2) is 8.03. The number of hydrogen-bond acceptors (Lipinski definition) is 3. The molecule has 1 amide bonds. The van der Waals surface area contributed by atoms with Crippen molar-refractivity contribution in [2.24, 2.45) is 0 Å². The first kappa shape index (κ1) is 15.8. The number of carbonyl (C=O) groups excluding carboxylic acids is 1. The van der Waals surface area contributed by atoms with E-state index in [-0.39, 0.29) is 5.91 Å². The van der Waals surface area contributed by atoms with Crippen LogP contribution in [0.1, 0.15) is 38.2 Å². The largest absolute Gasteiger partial charge is 0.383 e. The normalized spacial score (nSPS) is 19.8. The predicted octanol–water partition coefficient (Wildman–Crippen LogP) is 2.31. The van der Waals surface area contributed by atoms with Crippen LogP contribution in [0.5, 0.6) is 0 Å². The van der Waals surface area contributed by atoms with Gasteiger partial charge in [-0.05, 0) is 50.4 Å². The smallest absolute Gasteiger partial charge is 0.224 e. The van der Waals surface area contributed by atoms with Gasteiger partial charge in [-0.3, -0.25) is 4.79 Å². The Balaban J connectivity index is 1.80. The number of carbonyl (C=O) groups is 1. The molecule has 0 saturated carbocycles. The van der Waals surface area contributed by atoms with Crippen LogP contribution in [0.15, 0.2) is 24.3 Å². The lowest BCUT2D eigenvalue weighted by Gasteiger charge is -2.27. The maximum absolute atomic E-state index is 11.3. The lowest BCUT2D eigenvalue weighted by molar-refractivity contribution is -0.119. The van der Waals surface area contributed by atoms with Gasteiger partial charge >= 0.3 is 0 Å². The minimum atomic E-state index is 0.0486. The summed E-state index contributed by atoms with van der Waals surface area (Å²) in [5.41, 5.74) is 2.17. The van der Waals surface area contributed by atoms with Crippen molar-refractivity contribution in [3.05, 3.63) is 29.8 Å². The molecule has 0 radical (unpaired) electrons. The fourth-order valence-electron chi connectivity index (χ4n) is 2.89. The van der Waals surface area contributed by atoms with E-state index >= 15 is 0 Å².